The van der Waals surface area contributed by atoms with Gasteiger partial charge in [0, 0.05) is 6.54 Å². The number of unbranched alkanes of at least 4 members (excludes halogenated alkanes) is 1. The van der Waals surface area contributed by atoms with Crippen molar-refractivity contribution in [2.24, 2.45) is 16.5 Å². The summed E-state index contributed by atoms with van der Waals surface area (Å²) in [5, 5.41) is 8.77. The van der Waals surface area contributed by atoms with E-state index in [0.29, 0.717) is 30.4 Å². The second kappa shape index (κ2) is 9.44. The molecule has 174 valence electrons. The Morgan fingerprint density at radius 3 is 2.48 bits per heavy atom. The largest absolute Gasteiger partial charge is 0.487 e. The number of benzene rings is 1. The fraction of sp³-hybridized carbons (Fsp3) is 0.619. The van der Waals surface area contributed by atoms with Gasteiger partial charge in [0.2, 0.25) is 5.96 Å². The number of hydrogen-bond acceptors (Lipinski definition) is 6. The molecule has 1 aliphatic heterocycles. The Kier molecular flexibility index (Phi) is 7.59. The third kappa shape index (κ3) is 5.88. The molecular weight excluding hydrogens is 420 g/mol. The number of carboxylic acid groups (broad SMARTS) is 1. The highest BCUT2D eigenvalue weighted by Crippen LogP contribution is 2.42. The molecule has 31 heavy (non-hydrogen) atoms. The van der Waals surface area contributed by atoms with Crippen molar-refractivity contribution in [2.45, 2.75) is 83.3 Å². The summed E-state index contributed by atoms with van der Waals surface area (Å²) in [6.45, 7) is 9.75. The third-order valence-electron chi connectivity index (χ3n) is 5.70. The molecule has 9 nitrogen and oxygen atoms in total. The molecule has 0 unspecified atom stereocenters. The number of aliphatic imine (C=N–C) groups is 1. The number of nitrogens with two attached hydrogens (primary N) is 2. The number of fused-ring (bicyclic) bond motifs is 1. The topological polar surface area (TPSA) is 157 Å². The minimum atomic E-state index is -3.93. The molecule has 0 aromatic heterocycles. The Balaban J connectivity index is 2.17. The molecule has 0 spiro atoms. The number of nitrogens with zero attached hydrogens (tertiary/aromatic N) is 1. The molecule has 1 heterocycles. The number of rotatable bonds is 8. The molecule has 10 heteroatoms. The zero-order valence-corrected chi connectivity index (χ0v) is 19.7. The van der Waals surface area contributed by atoms with Crippen LogP contribution in [0.15, 0.2) is 9.89 Å². The number of hydrogen-bond donors (Lipinski definition) is 4. The van der Waals surface area contributed by atoms with Crippen molar-refractivity contribution < 1.29 is 23.1 Å². The van der Waals surface area contributed by atoms with Gasteiger partial charge in [0.25, 0.3) is 10.0 Å². The van der Waals surface area contributed by atoms with E-state index in [4.69, 9.17) is 21.3 Å². The van der Waals surface area contributed by atoms with Crippen LogP contribution in [-0.4, -0.2) is 43.6 Å². The second-order valence-electron chi connectivity index (χ2n) is 8.69. The average molecular weight is 455 g/mol. The Morgan fingerprint density at radius 2 is 1.87 bits per heavy atom. The maximum Gasteiger partial charge on any atom is 0.320 e. The highest BCUT2D eigenvalue weighted by atomic mass is 32.2. The summed E-state index contributed by atoms with van der Waals surface area (Å²) >= 11 is 0. The van der Waals surface area contributed by atoms with Crippen LogP contribution >= 0.6 is 0 Å². The van der Waals surface area contributed by atoms with E-state index < -0.39 is 22.0 Å². The number of guanidine groups is 1. The molecule has 0 bridgehead atoms. The predicted octanol–water partition coefficient (Wildman–Crippen LogP) is 1.89. The minimum absolute atomic E-state index is 0.200. The van der Waals surface area contributed by atoms with E-state index in [1.54, 1.807) is 13.8 Å². The summed E-state index contributed by atoms with van der Waals surface area (Å²) < 4.78 is 34.7. The standard InChI is InChI=1S/C21H34N4O5S/c1-12-13(2)18(14(3)15-9-10-21(4,5)30-17(12)15)31(28,29)25-20(23)24-11-7-6-8-16(22)19(26)27/h16H,6-11,22H2,1-5H3,(H,26,27)(H3,23,24,25)/t16-/m0/s1. The van der Waals surface area contributed by atoms with E-state index >= 15 is 0 Å². The van der Waals surface area contributed by atoms with Crippen LogP contribution in [0.5, 0.6) is 5.75 Å². The van der Waals surface area contributed by atoms with Crippen LogP contribution < -0.4 is 20.9 Å². The molecule has 6 N–H and O–H groups in total. The number of ether oxygens (including phenoxy) is 1. The van der Waals surface area contributed by atoms with E-state index in [2.05, 4.69) is 9.71 Å². The van der Waals surface area contributed by atoms with Crippen LogP contribution in [-0.2, 0) is 21.2 Å². The summed E-state index contributed by atoms with van der Waals surface area (Å²) in [5.41, 5.74) is 14.0. The lowest BCUT2D eigenvalue weighted by Crippen LogP contribution is -2.38. The van der Waals surface area contributed by atoms with Crippen molar-refractivity contribution in [3.63, 3.8) is 0 Å². The number of carboxylic acids is 1. The highest BCUT2D eigenvalue weighted by Gasteiger charge is 2.33. The van der Waals surface area contributed by atoms with Crippen molar-refractivity contribution in [3.8, 4) is 5.75 Å². The number of carbonyl (C=O) groups is 1. The zero-order valence-electron chi connectivity index (χ0n) is 18.9. The van der Waals surface area contributed by atoms with Crippen LogP contribution in [0, 0.1) is 20.8 Å². The molecule has 1 aromatic rings. The molecule has 0 radical (unpaired) electrons. The first-order valence-corrected chi connectivity index (χ1v) is 11.9. The van der Waals surface area contributed by atoms with Gasteiger partial charge in [-0.25, -0.2) is 13.1 Å². The quantitative estimate of drug-likeness (QED) is 0.265. The average Bonchev–Trinajstić information content (AvgIpc) is 2.64. The fourth-order valence-electron chi connectivity index (χ4n) is 3.77. The van der Waals surface area contributed by atoms with Gasteiger partial charge in [-0.15, -0.1) is 0 Å². The van der Waals surface area contributed by atoms with E-state index in [1.807, 2.05) is 20.8 Å². The number of sulfonamides is 1. The first-order valence-electron chi connectivity index (χ1n) is 10.4. The molecule has 1 atom stereocenters. The monoisotopic (exact) mass is 454 g/mol. The zero-order chi connectivity index (χ0) is 23.6. The maximum atomic E-state index is 13.1. The van der Waals surface area contributed by atoms with Crippen LogP contribution in [0.1, 0.15) is 61.8 Å². The molecule has 0 amide bonds. The lowest BCUT2D eigenvalue weighted by Gasteiger charge is -2.35. The molecule has 0 saturated carbocycles. The van der Waals surface area contributed by atoms with E-state index in [9.17, 15) is 13.2 Å². The molecule has 1 aliphatic rings. The lowest BCUT2D eigenvalue weighted by molar-refractivity contribution is -0.138. The summed E-state index contributed by atoms with van der Waals surface area (Å²) in [4.78, 5) is 15.0. The van der Waals surface area contributed by atoms with Gasteiger partial charge in [0.1, 0.15) is 17.4 Å². The van der Waals surface area contributed by atoms with Gasteiger partial charge in [0.15, 0.2) is 0 Å². The molecule has 0 aliphatic carbocycles. The smallest absolute Gasteiger partial charge is 0.320 e. The molecule has 2 rings (SSSR count). The summed E-state index contributed by atoms with van der Waals surface area (Å²) in [6, 6.07) is -0.910. The summed E-state index contributed by atoms with van der Waals surface area (Å²) in [5.74, 6) is -0.476. The summed E-state index contributed by atoms with van der Waals surface area (Å²) in [7, 11) is -3.93. The molecule has 0 fully saturated rings. The second-order valence-corrected chi connectivity index (χ2v) is 10.3. The van der Waals surface area contributed by atoms with Gasteiger partial charge in [-0.1, -0.05) is 0 Å². The van der Waals surface area contributed by atoms with Crippen molar-refractivity contribution in [3.05, 3.63) is 22.3 Å². The van der Waals surface area contributed by atoms with Crippen molar-refractivity contribution >= 4 is 22.0 Å². The van der Waals surface area contributed by atoms with E-state index in [1.165, 1.54) is 0 Å². The van der Waals surface area contributed by atoms with Gasteiger partial charge >= 0.3 is 5.97 Å². The Bertz CT molecular complexity index is 986. The van der Waals surface area contributed by atoms with Crippen LogP contribution in [0.25, 0.3) is 0 Å². The molecule has 1 aromatic carbocycles. The van der Waals surface area contributed by atoms with Crippen LogP contribution in [0.3, 0.4) is 0 Å². The highest BCUT2D eigenvalue weighted by molar-refractivity contribution is 7.90. The van der Waals surface area contributed by atoms with Gasteiger partial charge < -0.3 is 21.3 Å². The van der Waals surface area contributed by atoms with Gasteiger partial charge in [-0.2, -0.15) is 0 Å². The van der Waals surface area contributed by atoms with Gasteiger partial charge in [-0.05, 0) is 89.0 Å². The normalized spacial score (nSPS) is 16.9. The first kappa shape index (κ1) is 24.9. The maximum absolute atomic E-state index is 13.1. The van der Waals surface area contributed by atoms with Crippen molar-refractivity contribution in [2.75, 3.05) is 6.54 Å². The van der Waals surface area contributed by atoms with Crippen LogP contribution in [0.2, 0.25) is 0 Å². The SMILES string of the molecule is Cc1c(C)c(S(=O)(=O)NC(N)=NCCCC[C@H](N)C(=O)O)c(C)c2c1OC(C)(C)CC2. The van der Waals surface area contributed by atoms with Gasteiger partial charge in [-0.3, -0.25) is 9.79 Å². The minimum Gasteiger partial charge on any atom is -0.487 e. The summed E-state index contributed by atoms with van der Waals surface area (Å²) in [6.07, 6.45) is 2.95. The number of nitrogens with one attached hydrogen (secondary N) is 1. The Morgan fingerprint density at radius 1 is 1.23 bits per heavy atom. The third-order valence-corrected chi connectivity index (χ3v) is 7.32. The number of aliphatic carboxylic acids is 1. The Labute approximate surface area is 184 Å². The van der Waals surface area contributed by atoms with Crippen LogP contribution in [0.4, 0.5) is 0 Å². The van der Waals surface area contributed by atoms with E-state index in [0.717, 1.165) is 29.7 Å². The molecular formula is C21H34N4O5S. The van der Waals surface area contributed by atoms with E-state index in [-0.39, 0.29) is 23.0 Å². The predicted molar refractivity (Wildman–Crippen MR) is 120 cm³/mol. The Hall–Kier alpha value is -2.33. The fourth-order valence-corrected chi connectivity index (χ4v) is 5.30. The molecule has 0 saturated heterocycles. The van der Waals surface area contributed by atoms with Crippen molar-refractivity contribution in [1.29, 1.82) is 0 Å². The first-order chi connectivity index (χ1) is 14.3. The van der Waals surface area contributed by atoms with Crippen molar-refractivity contribution in [1.82, 2.24) is 4.72 Å². The lowest BCUT2D eigenvalue weighted by atomic mass is 9.88. The van der Waals surface area contributed by atoms with Gasteiger partial charge in [0.05, 0.1) is 4.90 Å².